The summed E-state index contributed by atoms with van der Waals surface area (Å²) >= 11 is 0. The van der Waals surface area contributed by atoms with E-state index < -0.39 is 17.6 Å². The molecule has 3 rings (SSSR count). The van der Waals surface area contributed by atoms with Gasteiger partial charge in [0.05, 0.1) is 36.3 Å². The molecule has 8 heteroatoms. The van der Waals surface area contributed by atoms with Crippen LogP contribution in [0.25, 0.3) is 0 Å². The summed E-state index contributed by atoms with van der Waals surface area (Å²) in [6.45, 7) is 1.41. The van der Waals surface area contributed by atoms with Crippen molar-refractivity contribution in [3.63, 3.8) is 0 Å². The van der Waals surface area contributed by atoms with Crippen molar-refractivity contribution >= 4 is 23.0 Å². The van der Waals surface area contributed by atoms with Crippen LogP contribution in [0.5, 0.6) is 5.75 Å². The van der Waals surface area contributed by atoms with Crippen LogP contribution in [0.2, 0.25) is 0 Å². The van der Waals surface area contributed by atoms with Crippen molar-refractivity contribution in [1.29, 1.82) is 0 Å². The number of halogens is 3. The van der Waals surface area contributed by atoms with Gasteiger partial charge < -0.3 is 20.3 Å². The molecule has 0 aliphatic carbocycles. The standard InChI is InChI=1S/C20H22F3N3O2/c1-28-18-7-3-2-6-15(18)24-13-19(27)25-16-12-14(20(21,22)23)8-9-17(16)26-10-4-5-11-26/h2-3,6-9,12,24H,4-5,10-11,13H2,1H3,(H,25,27). The fourth-order valence-corrected chi connectivity index (χ4v) is 3.21. The minimum absolute atomic E-state index is 0.101. The molecule has 28 heavy (non-hydrogen) atoms. The monoisotopic (exact) mass is 393 g/mol. The van der Waals surface area contributed by atoms with Crippen LogP contribution in [0.4, 0.5) is 30.2 Å². The lowest BCUT2D eigenvalue weighted by atomic mass is 10.1. The molecule has 1 heterocycles. The molecular weight excluding hydrogens is 371 g/mol. The Kier molecular flexibility index (Phi) is 5.96. The highest BCUT2D eigenvalue weighted by Gasteiger charge is 2.32. The molecule has 1 amide bonds. The van der Waals surface area contributed by atoms with E-state index >= 15 is 0 Å². The Morgan fingerprint density at radius 2 is 1.82 bits per heavy atom. The van der Waals surface area contributed by atoms with Gasteiger partial charge in [-0.2, -0.15) is 13.2 Å². The number of carbonyl (C=O) groups excluding carboxylic acids is 1. The fraction of sp³-hybridized carbons (Fsp3) is 0.350. The van der Waals surface area contributed by atoms with Gasteiger partial charge in [-0.25, -0.2) is 0 Å². The summed E-state index contributed by atoms with van der Waals surface area (Å²) in [5.41, 5.74) is 0.618. The van der Waals surface area contributed by atoms with Crippen LogP contribution >= 0.6 is 0 Å². The van der Waals surface area contributed by atoms with Gasteiger partial charge in [-0.1, -0.05) is 12.1 Å². The van der Waals surface area contributed by atoms with Gasteiger partial charge in [-0.05, 0) is 43.2 Å². The average Bonchev–Trinajstić information content (AvgIpc) is 3.20. The number of alkyl halides is 3. The molecule has 0 bridgehead atoms. The fourth-order valence-electron chi connectivity index (χ4n) is 3.21. The van der Waals surface area contributed by atoms with E-state index in [9.17, 15) is 18.0 Å². The largest absolute Gasteiger partial charge is 0.495 e. The molecule has 0 saturated carbocycles. The zero-order valence-electron chi connectivity index (χ0n) is 15.5. The van der Waals surface area contributed by atoms with E-state index in [1.165, 1.54) is 13.2 Å². The number of anilines is 3. The second-order valence-electron chi connectivity index (χ2n) is 6.53. The van der Waals surface area contributed by atoms with Crippen molar-refractivity contribution in [3.05, 3.63) is 48.0 Å². The first-order valence-corrected chi connectivity index (χ1v) is 9.01. The molecule has 2 aromatic carbocycles. The van der Waals surface area contributed by atoms with Crippen LogP contribution in [0, 0.1) is 0 Å². The second-order valence-corrected chi connectivity index (χ2v) is 6.53. The number of benzene rings is 2. The van der Waals surface area contributed by atoms with Crippen molar-refractivity contribution in [2.75, 3.05) is 42.3 Å². The zero-order chi connectivity index (χ0) is 20.1. The van der Waals surface area contributed by atoms with Crippen LogP contribution in [-0.2, 0) is 11.0 Å². The van der Waals surface area contributed by atoms with E-state index in [0.717, 1.165) is 38.1 Å². The summed E-state index contributed by atoms with van der Waals surface area (Å²) in [5, 5.41) is 5.57. The summed E-state index contributed by atoms with van der Waals surface area (Å²) < 4.78 is 44.6. The van der Waals surface area contributed by atoms with Crippen LogP contribution < -0.4 is 20.3 Å². The molecule has 0 atom stereocenters. The summed E-state index contributed by atoms with van der Waals surface area (Å²) in [7, 11) is 1.52. The van der Waals surface area contributed by atoms with Gasteiger partial charge in [-0.15, -0.1) is 0 Å². The van der Waals surface area contributed by atoms with E-state index in [0.29, 0.717) is 17.1 Å². The minimum atomic E-state index is -4.47. The lowest BCUT2D eigenvalue weighted by Gasteiger charge is -2.23. The summed E-state index contributed by atoms with van der Waals surface area (Å²) in [6, 6.07) is 10.6. The van der Waals surface area contributed by atoms with Gasteiger partial charge >= 0.3 is 6.18 Å². The number of nitrogens with one attached hydrogen (secondary N) is 2. The Bertz CT molecular complexity index is 834. The van der Waals surface area contributed by atoms with E-state index in [4.69, 9.17) is 4.74 Å². The topological polar surface area (TPSA) is 53.6 Å². The number of ether oxygens (including phenoxy) is 1. The number of para-hydroxylation sites is 2. The molecule has 1 fully saturated rings. The molecule has 2 aromatic rings. The Morgan fingerprint density at radius 3 is 2.50 bits per heavy atom. The lowest BCUT2D eigenvalue weighted by molar-refractivity contribution is -0.137. The third-order valence-electron chi connectivity index (χ3n) is 4.59. The highest BCUT2D eigenvalue weighted by atomic mass is 19.4. The molecule has 1 aliphatic heterocycles. The Morgan fingerprint density at radius 1 is 1.11 bits per heavy atom. The molecule has 150 valence electrons. The number of methoxy groups -OCH3 is 1. The molecular formula is C20H22F3N3O2. The summed E-state index contributed by atoms with van der Waals surface area (Å²) in [6.07, 6.45) is -2.52. The first kappa shape index (κ1) is 19.9. The van der Waals surface area contributed by atoms with Crippen molar-refractivity contribution in [1.82, 2.24) is 0 Å². The maximum absolute atomic E-state index is 13.1. The van der Waals surface area contributed by atoms with Crippen LogP contribution in [0.1, 0.15) is 18.4 Å². The highest BCUT2D eigenvalue weighted by molar-refractivity contribution is 5.97. The van der Waals surface area contributed by atoms with Crippen molar-refractivity contribution in [2.45, 2.75) is 19.0 Å². The first-order valence-electron chi connectivity index (χ1n) is 9.01. The molecule has 0 aromatic heterocycles. The number of hydrogen-bond acceptors (Lipinski definition) is 4. The van der Waals surface area contributed by atoms with Crippen molar-refractivity contribution in [3.8, 4) is 5.75 Å². The highest BCUT2D eigenvalue weighted by Crippen LogP contribution is 2.36. The predicted octanol–water partition coefficient (Wildman–Crippen LogP) is 4.36. The Labute approximate surface area is 161 Å². The Hall–Kier alpha value is -2.90. The maximum atomic E-state index is 13.1. The SMILES string of the molecule is COc1ccccc1NCC(=O)Nc1cc(C(F)(F)F)ccc1N1CCCC1. The van der Waals surface area contributed by atoms with E-state index in [1.54, 1.807) is 24.3 Å². The molecule has 1 saturated heterocycles. The lowest BCUT2D eigenvalue weighted by Crippen LogP contribution is -2.25. The number of amides is 1. The van der Waals surface area contributed by atoms with Gasteiger partial charge in [0.2, 0.25) is 5.91 Å². The van der Waals surface area contributed by atoms with E-state index in [-0.39, 0.29) is 12.2 Å². The maximum Gasteiger partial charge on any atom is 0.416 e. The van der Waals surface area contributed by atoms with Crippen LogP contribution in [-0.4, -0.2) is 32.7 Å². The normalized spacial score (nSPS) is 14.1. The first-order chi connectivity index (χ1) is 13.4. The third-order valence-corrected chi connectivity index (χ3v) is 4.59. The molecule has 0 unspecified atom stereocenters. The minimum Gasteiger partial charge on any atom is -0.495 e. The number of nitrogens with zero attached hydrogens (tertiary/aromatic N) is 1. The number of carbonyl (C=O) groups is 1. The van der Waals surface area contributed by atoms with Crippen molar-refractivity contribution in [2.24, 2.45) is 0 Å². The molecule has 0 radical (unpaired) electrons. The summed E-state index contributed by atoms with van der Waals surface area (Å²) in [5.74, 6) is 0.137. The smallest absolute Gasteiger partial charge is 0.416 e. The zero-order valence-corrected chi connectivity index (χ0v) is 15.5. The van der Waals surface area contributed by atoms with Gasteiger partial charge in [0.25, 0.3) is 0 Å². The molecule has 5 nitrogen and oxygen atoms in total. The average molecular weight is 393 g/mol. The number of hydrogen-bond donors (Lipinski definition) is 2. The van der Waals surface area contributed by atoms with Gasteiger partial charge in [0, 0.05) is 13.1 Å². The van der Waals surface area contributed by atoms with E-state index in [1.807, 2.05) is 4.90 Å². The van der Waals surface area contributed by atoms with Crippen molar-refractivity contribution < 1.29 is 22.7 Å². The van der Waals surface area contributed by atoms with Crippen LogP contribution in [0.15, 0.2) is 42.5 Å². The van der Waals surface area contributed by atoms with Gasteiger partial charge in [0.15, 0.2) is 0 Å². The second kappa shape index (κ2) is 8.41. The van der Waals surface area contributed by atoms with Gasteiger partial charge in [0.1, 0.15) is 5.75 Å². The third kappa shape index (κ3) is 4.68. The van der Waals surface area contributed by atoms with Gasteiger partial charge in [-0.3, -0.25) is 4.79 Å². The quantitative estimate of drug-likeness (QED) is 0.766. The number of rotatable bonds is 6. The van der Waals surface area contributed by atoms with Crippen LogP contribution in [0.3, 0.4) is 0 Å². The molecule has 0 spiro atoms. The summed E-state index contributed by atoms with van der Waals surface area (Å²) in [4.78, 5) is 14.4. The predicted molar refractivity (Wildman–Crippen MR) is 103 cm³/mol. The Balaban J connectivity index is 1.76. The molecule has 1 aliphatic rings. The van der Waals surface area contributed by atoms with E-state index in [2.05, 4.69) is 10.6 Å². The molecule has 2 N–H and O–H groups in total.